The van der Waals surface area contributed by atoms with Crippen LogP contribution in [0.4, 0.5) is 0 Å². The predicted octanol–water partition coefficient (Wildman–Crippen LogP) is 3.33. The van der Waals surface area contributed by atoms with Gasteiger partial charge in [0.2, 0.25) is 0 Å². The van der Waals surface area contributed by atoms with Crippen molar-refractivity contribution < 1.29 is 14.6 Å². The molecule has 0 aliphatic rings. The van der Waals surface area contributed by atoms with Gasteiger partial charge in [-0.15, -0.1) is 0 Å². The molecule has 1 unspecified atom stereocenters. The number of aromatic carboxylic acids is 1. The van der Waals surface area contributed by atoms with Gasteiger partial charge in [0.05, 0.1) is 12.2 Å². The van der Waals surface area contributed by atoms with Crippen LogP contribution in [0.3, 0.4) is 0 Å². The molecule has 1 rings (SSSR count). The Bertz CT molecular complexity index is 333. The van der Waals surface area contributed by atoms with Crippen molar-refractivity contribution in [2.45, 2.75) is 24.6 Å². The second kappa shape index (κ2) is 6.53. The number of carbonyl (C=O) groups is 1. The Balaban J connectivity index is 2.35. The first-order valence-electron chi connectivity index (χ1n) is 5.20. The lowest BCUT2D eigenvalue weighted by atomic mass is 10.2. The first-order valence-corrected chi connectivity index (χ1v) is 6.11. The highest BCUT2D eigenvalue weighted by molar-refractivity contribution is 9.09. The van der Waals surface area contributed by atoms with E-state index in [0.717, 1.165) is 12.8 Å². The predicted molar refractivity (Wildman–Crippen MR) is 66.5 cm³/mol. The Morgan fingerprint density at radius 2 is 2.06 bits per heavy atom. The lowest BCUT2D eigenvalue weighted by molar-refractivity contribution is 0.0697. The second-order valence-electron chi connectivity index (χ2n) is 3.60. The highest BCUT2D eigenvalue weighted by Gasteiger charge is 2.02. The van der Waals surface area contributed by atoms with Crippen molar-refractivity contribution in [1.82, 2.24) is 0 Å². The molecule has 0 heterocycles. The molecule has 16 heavy (non-hydrogen) atoms. The molecule has 1 N–H and O–H groups in total. The molecule has 1 aromatic rings. The third-order valence-electron chi connectivity index (χ3n) is 2.12. The van der Waals surface area contributed by atoms with Crippen molar-refractivity contribution in [3.63, 3.8) is 0 Å². The van der Waals surface area contributed by atoms with E-state index in [9.17, 15) is 4.79 Å². The van der Waals surface area contributed by atoms with Crippen LogP contribution in [0.25, 0.3) is 0 Å². The molecule has 0 aliphatic carbocycles. The van der Waals surface area contributed by atoms with Crippen LogP contribution in [0.5, 0.6) is 5.75 Å². The second-order valence-corrected chi connectivity index (χ2v) is 5.16. The number of rotatable bonds is 6. The molecule has 0 aliphatic heterocycles. The average Bonchev–Trinajstić information content (AvgIpc) is 2.25. The minimum absolute atomic E-state index is 0.279. The molecule has 0 fully saturated rings. The van der Waals surface area contributed by atoms with Gasteiger partial charge in [-0.25, -0.2) is 4.79 Å². The molecular formula is C12H15BrO3. The molecule has 88 valence electrons. The molecule has 1 aromatic carbocycles. The maximum absolute atomic E-state index is 10.6. The Hall–Kier alpha value is -1.03. The highest BCUT2D eigenvalue weighted by atomic mass is 79.9. The summed E-state index contributed by atoms with van der Waals surface area (Å²) in [7, 11) is 0. The molecule has 0 spiro atoms. The maximum atomic E-state index is 10.6. The van der Waals surface area contributed by atoms with E-state index >= 15 is 0 Å². The lowest BCUT2D eigenvalue weighted by Gasteiger charge is -2.07. The van der Waals surface area contributed by atoms with E-state index in [1.54, 1.807) is 24.3 Å². The van der Waals surface area contributed by atoms with Crippen molar-refractivity contribution >= 4 is 21.9 Å². The molecule has 3 nitrogen and oxygen atoms in total. The van der Waals surface area contributed by atoms with Gasteiger partial charge < -0.3 is 9.84 Å². The summed E-state index contributed by atoms with van der Waals surface area (Å²) in [4.78, 5) is 11.1. The fourth-order valence-corrected chi connectivity index (χ4v) is 1.57. The molecule has 0 saturated carbocycles. The van der Waals surface area contributed by atoms with Crippen molar-refractivity contribution in [2.75, 3.05) is 6.61 Å². The highest BCUT2D eigenvalue weighted by Crippen LogP contribution is 2.13. The number of benzene rings is 1. The van der Waals surface area contributed by atoms with E-state index < -0.39 is 5.97 Å². The monoisotopic (exact) mass is 286 g/mol. The lowest BCUT2D eigenvalue weighted by Crippen LogP contribution is -2.01. The van der Waals surface area contributed by atoms with Crippen LogP contribution in [0.15, 0.2) is 24.3 Å². The number of halogens is 1. The summed E-state index contributed by atoms with van der Waals surface area (Å²) >= 11 is 3.47. The number of alkyl halides is 1. The Labute approximate surface area is 104 Å². The summed E-state index contributed by atoms with van der Waals surface area (Å²) in [5, 5.41) is 8.70. The van der Waals surface area contributed by atoms with Crippen molar-refractivity contribution in [3.8, 4) is 5.75 Å². The van der Waals surface area contributed by atoms with Crippen LogP contribution in [0.2, 0.25) is 0 Å². The zero-order valence-corrected chi connectivity index (χ0v) is 10.7. The SMILES string of the molecule is CC(Br)CCCOc1ccc(C(=O)O)cc1. The quantitative estimate of drug-likeness (QED) is 0.645. The van der Waals surface area contributed by atoms with Crippen molar-refractivity contribution in [1.29, 1.82) is 0 Å². The number of carboxylic acids is 1. The molecular weight excluding hydrogens is 272 g/mol. The summed E-state index contributed by atoms with van der Waals surface area (Å²) in [6.45, 7) is 2.75. The van der Waals surface area contributed by atoms with Crippen LogP contribution in [0.1, 0.15) is 30.1 Å². The standard InChI is InChI=1S/C12H15BrO3/c1-9(13)3-2-8-16-11-6-4-10(5-7-11)12(14)15/h4-7,9H,2-3,8H2,1H3,(H,14,15). The topological polar surface area (TPSA) is 46.5 Å². The third-order valence-corrected chi connectivity index (χ3v) is 2.57. The summed E-state index contributed by atoms with van der Waals surface area (Å²) in [6, 6.07) is 6.46. The van der Waals surface area contributed by atoms with Gasteiger partial charge in [0.15, 0.2) is 0 Å². The molecule has 1 atom stereocenters. The van der Waals surface area contributed by atoms with Crippen LogP contribution >= 0.6 is 15.9 Å². The van der Waals surface area contributed by atoms with Gasteiger partial charge in [-0.05, 0) is 37.1 Å². The average molecular weight is 287 g/mol. The van der Waals surface area contributed by atoms with Crippen LogP contribution in [-0.4, -0.2) is 22.5 Å². The number of ether oxygens (including phenoxy) is 1. The zero-order chi connectivity index (χ0) is 12.0. The van der Waals surface area contributed by atoms with Gasteiger partial charge in [0.1, 0.15) is 5.75 Å². The number of carboxylic acid groups (broad SMARTS) is 1. The Morgan fingerprint density at radius 1 is 1.44 bits per heavy atom. The zero-order valence-electron chi connectivity index (χ0n) is 9.15. The summed E-state index contributed by atoms with van der Waals surface area (Å²) in [5.41, 5.74) is 0.279. The van der Waals surface area contributed by atoms with Crippen molar-refractivity contribution in [2.24, 2.45) is 0 Å². The Morgan fingerprint density at radius 3 is 2.56 bits per heavy atom. The normalized spacial score (nSPS) is 12.1. The molecule has 4 heteroatoms. The summed E-state index contributed by atoms with van der Waals surface area (Å²) in [5.74, 6) is -0.202. The van der Waals surface area contributed by atoms with E-state index in [4.69, 9.17) is 9.84 Å². The maximum Gasteiger partial charge on any atom is 0.335 e. The Kier molecular flexibility index (Phi) is 5.32. The fourth-order valence-electron chi connectivity index (χ4n) is 1.25. The molecule has 0 bridgehead atoms. The minimum Gasteiger partial charge on any atom is -0.494 e. The van der Waals surface area contributed by atoms with Gasteiger partial charge in [0.25, 0.3) is 0 Å². The first-order chi connectivity index (χ1) is 7.59. The summed E-state index contributed by atoms with van der Waals surface area (Å²) in [6.07, 6.45) is 2.04. The van der Waals surface area contributed by atoms with E-state index in [1.807, 2.05) is 0 Å². The van der Waals surface area contributed by atoms with Crippen molar-refractivity contribution in [3.05, 3.63) is 29.8 Å². The van der Waals surface area contributed by atoms with Gasteiger partial charge in [-0.2, -0.15) is 0 Å². The van der Waals surface area contributed by atoms with Crippen LogP contribution in [-0.2, 0) is 0 Å². The number of hydrogen-bond acceptors (Lipinski definition) is 2. The van der Waals surface area contributed by atoms with E-state index in [-0.39, 0.29) is 5.56 Å². The van der Waals surface area contributed by atoms with Gasteiger partial charge in [0, 0.05) is 4.83 Å². The summed E-state index contributed by atoms with van der Waals surface area (Å²) < 4.78 is 5.48. The van der Waals surface area contributed by atoms with E-state index in [0.29, 0.717) is 17.2 Å². The largest absolute Gasteiger partial charge is 0.494 e. The fraction of sp³-hybridized carbons (Fsp3) is 0.417. The van der Waals surface area contributed by atoms with E-state index in [1.165, 1.54) is 0 Å². The van der Waals surface area contributed by atoms with Gasteiger partial charge in [-0.1, -0.05) is 22.9 Å². The van der Waals surface area contributed by atoms with Gasteiger partial charge >= 0.3 is 5.97 Å². The van der Waals surface area contributed by atoms with Crippen LogP contribution < -0.4 is 4.74 Å². The number of hydrogen-bond donors (Lipinski definition) is 1. The van der Waals surface area contributed by atoms with E-state index in [2.05, 4.69) is 22.9 Å². The minimum atomic E-state index is -0.917. The first kappa shape index (κ1) is 13.0. The molecule has 0 saturated heterocycles. The molecule has 0 amide bonds. The van der Waals surface area contributed by atoms with Gasteiger partial charge in [-0.3, -0.25) is 0 Å². The third kappa shape index (κ3) is 4.66. The smallest absolute Gasteiger partial charge is 0.335 e. The molecule has 0 radical (unpaired) electrons. The van der Waals surface area contributed by atoms with Crippen LogP contribution in [0, 0.1) is 0 Å². The molecule has 0 aromatic heterocycles.